The van der Waals surface area contributed by atoms with Gasteiger partial charge in [-0.2, -0.15) is 0 Å². The van der Waals surface area contributed by atoms with Crippen LogP contribution in [0.2, 0.25) is 0 Å². The third-order valence-corrected chi connectivity index (χ3v) is 3.25. The lowest BCUT2D eigenvalue weighted by atomic mass is 9.96. The smallest absolute Gasteiger partial charge is 0.122 e. The zero-order chi connectivity index (χ0) is 10.9. The van der Waals surface area contributed by atoms with Gasteiger partial charge < -0.3 is 15.6 Å². The Bertz CT molecular complexity index is 359. The second-order valence-corrected chi connectivity index (χ2v) is 4.38. The first-order valence-electron chi connectivity index (χ1n) is 5.25. The van der Waals surface area contributed by atoms with Crippen LogP contribution in [0, 0.1) is 5.41 Å². The highest BCUT2D eigenvalue weighted by molar-refractivity contribution is 5.40. The molecule has 2 rings (SSSR count). The molecule has 1 saturated carbocycles. The van der Waals surface area contributed by atoms with Crippen LogP contribution in [0.25, 0.3) is 0 Å². The summed E-state index contributed by atoms with van der Waals surface area (Å²) >= 11 is 0. The Morgan fingerprint density at radius 1 is 1.47 bits per heavy atom. The van der Waals surface area contributed by atoms with Crippen LogP contribution in [-0.2, 0) is 6.42 Å². The number of phenolic OH excluding ortho intramolecular Hbond substituents is 1. The molecule has 1 fully saturated rings. The number of methoxy groups -OCH3 is 1. The lowest BCUT2D eigenvalue weighted by Gasteiger charge is -2.13. The number of nitrogens with two attached hydrogens (primary N) is 1. The van der Waals surface area contributed by atoms with Crippen LogP contribution >= 0.6 is 0 Å². The monoisotopic (exact) mass is 207 g/mol. The Kier molecular flexibility index (Phi) is 2.57. The van der Waals surface area contributed by atoms with Gasteiger partial charge in [0.2, 0.25) is 0 Å². The number of rotatable bonds is 4. The second-order valence-electron chi connectivity index (χ2n) is 4.38. The van der Waals surface area contributed by atoms with Crippen LogP contribution in [0.3, 0.4) is 0 Å². The van der Waals surface area contributed by atoms with Gasteiger partial charge in [0.05, 0.1) is 7.11 Å². The molecule has 0 radical (unpaired) electrons. The average molecular weight is 207 g/mol. The molecule has 3 N–H and O–H groups in total. The summed E-state index contributed by atoms with van der Waals surface area (Å²) in [5.41, 5.74) is 6.94. The molecule has 0 aliphatic heterocycles. The standard InChI is InChI=1S/C12H17NO2/c1-15-10-3-2-9(11(14)6-10)7-12(8-13)4-5-12/h2-3,6,14H,4-5,7-8,13H2,1H3. The van der Waals surface area contributed by atoms with E-state index in [4.69, 9.17) is 10.5 Å². The maximum absolute atomic E-state index is 9.79. The highest BCUT2D eigenvalue weighted by Crippen LogP contribution is 2.48. The van der Waals surface area contributed by atoms with E-state index in [1.54, 1.807) is 13.2 Å². The average Bonchev–Trinajstić information content (AvgIpc) is 3.02. The zero-order valence-electron chi connectivity index (χ0n) is 8.99. The van der Waals surface area contributed by atoms with Crippen LogP contribution < -0.4 is 10.5 Å². The summed E-state index contributed by atoms with van der Waals surface area (Å²) in [6, 6.07) is 5.45. The minimum Gasteiger partial charge on any atom is -0.508 e. The van der Waals surface area contributed by atoms with Crippen molar-refractivity contribution in [1.29, 1.82) is 0 Å². The Hall–Kier alpha value is -1.22. The van der Waals surface area contributed by atoms with Crippen LogP contribution in [-0.4, -0.2) is 18.8 Å². The van der Waals surface area contributed by atoms with Crippen molar-refractivity contribution in [1.82, 2.24) is 0 Å². The highest BCUT2D eigenvalue weighted by atomic mass is 16.5. The number of hydrogen-bond acceptors (Lipinski definition) is 3. The Labute approximate surface area is 89.9 Å². The van der Waals surface area contributed by atoms with Gasteiger partial charge in [0, 0.05) is 6.07 Å². The van der Waals surface area contributed by atoms with E-state index in [9.17, 15) is 5.11 Å². The summed E-state index contributed by atoms with van der Waals surface area (Å²) in [7, 11) is 1.59. The van der Waals surface area contributed by atoms with Gasteiger partial charge in [-0.25, -0.2) is 0 Å². The molecule has 0 heterocycles. The molecule has 0 unspecified atom stereocenters. The van der Waals surface area contributed by atoms with Crippen molar-refractivity contribution in [2.75, 3.05) is 13.7 Å². The van der Waals surface area contributed by atoms with Gasteiger partial charge in [-0.05, 0) is 42.9 Å². The van der Waals surface area contributed by atoms with Gasteiger partial charge in [-0.1, -0.05) is 6.07 Å². The second kappa shape index (κ2) is 3.74. The third-order valence-electron chi connectivity index (χ3n) is 3.25. The van der Waals surface area contributed by atoms with Crippen molar-refractivity contribution in [3.63, 3.8) is 0 Å². The molecule has 0 spiro atoms. The molecule has 0 amide bonds. The van der Waals surface area contributed by atoms with Gasteiger partial charge in [0.15, 0.2) is 0 Å². The molecular formula is C12H17NO2. The summed E-state index contributed by atoms with van der Waals surface area (Å²) in [6.45, 7) is 0.707. The lowest BCUT2D eigenvalue weighted by Crippen LogP contribution is -2.17. The largest absolute Gasteiger partial charge is 0.508 e. The Morgan fingerprint density at radius 3 is 2.67 bits per heavy atom. The quantitative estimate of drug-likeness (QED) is 0.789. The third kappa shape index (κ3) is 2.07. The van der Waals surface area contributed by atoms with E-state index in [2.05, 4.69) is 0 Å². The number of phenols is 1. The van der Waals surface area contributed by atoms with E-state index in [1.807, 2.05) is 12.1 Å². The minimum atomic E-state index is 0.256. The normalized spacial score (nSPS) is 17.5. The number of ether oxygens (including phenoxy) is 1. The number of benzene rings is 1. The van der Waals surface area contributed by atoms with Crippen molar-refractivity contribution in [2.24, 2.45) is 11.1 Å². The van der Waals surface area contributed by atoms with Crippen molar-refractivity contribution < 1.29 is 9.84 Å². The van der Waals surface area contributed by atoms with Crippen molar-refractivity contribution in [3.05, 3.63) is 23.8 Å². The summed E-state index contributed by atoms with van der Waals surface area (Å²) < 4.78 is 5.04. The first-order chi connectivity index (χ1) is 7.19. The van der Waals surface area contributed by atoms with E-state index in [0.717, 1.165) is 12.0 Å². The van der Waals surface area contributed by atoms with E-state index < -0.39 is 0 Å². The van der Waals surface area contributed by atoms with Crippen molar-refractivity contribution >= 4 is 0 Å². The SMILES string of the molecule is COc1ccc(CC2(CN)CC2)c(O)c1. The van der Waals surface area contributed by atoms with E-state index in [-0.39, 0.29) is 5.41 Å². The predicted molar refractivity (Wildman–Crippen MR) is 59.1 cm³/mol. The molecule has 0 bridgehead atoms. The highest BCUT2D eigenvalue weighted by Gasteiger charge is 2.41. The predicted octanol–water partition coefficient (Wildman–Crippen LogP) is 1.68. The molecule has 3 heteroatoms. The summed E-state index contributed by atoms with van der Waals surface area (Å²) in [4.78, 5) is 0. The van der Waals surface area contributed by atoms with Gasteiger partial charge in [0.25, 0.3) is 0 Å². The first kappa shape index (κ1) is 10.3. The number of hydrogen-bond donors (Lipinski definition) is 2. The van der Waals surface area contributed by atoms with Gasteiger partial charge in [-0.3, -0.25) is 0 Å². The molecule has 3 nitrogen and oxygen atoms in total. The lowest BCUT2D eigenvalue weighted by molar-refractivity contribution is 0.404. The molecule has 1 aromatic carbocycles. The Balaban J connectivity index is 2.15. The summed E-state index contributed by atoms with van der Waals surface area (Å²) in [5, 5.41) is 9.79. The topological polar surface area (TPSA) is 55.5 Å². The fourth-order valence-corrected chi connectivity index (χ4v) is 1.85. The van der Waals surface area contributed by atoms with Gasteiger partial charge in [0.1, 0.15) is 11.5 Å². The van der Waals surface area contributed by atoms with Gasteiger partial charge in [-0.15, -0.1) is 0 Å². The first-order valence-corrected chi connectivity index (χ1v) is 5.25. The fourth-order valence-electron chi connectivity index (χ4n) is 1.85. The number of aromatic hydroxyl groups is 1. The summed E-state index contributed by atoms with van der Waals surface area (Å²) in [5.74, 6) is 1.00. The van der Waals surface area contributed by atoms with Crippen LogP contribution in [0.5, 0.6) is 11.5 Å². The molecule has 0 saturated heterocycles. The van der Waals surface area contributed by atoms with Crippen LogP contribution in [0.1, 0.15) is 18.4 Å². The van der Waals surface area contributed by atoms with Gasteiger partial charge >= 0.3 is 0 Å². The molecule has 82 valence electrons. The molecular weight excluding hydrogens is 190 g/mol. The molecule has 1 aliphatic carbocycles. The zero-order valence-corrected chi connectivity index (χ0v) is 8.99. The maximum atomic E-state index is 9.79. The molecule has 0 atom stereocenters. The Morgan fingerprint density at radius 2 is 2.20 bits per heavy atom. The van der Waals surface area contributed by atoms with Crippen LogP contribution in [0.4, 0.5) is 0 Å². The fraction of sp³-hybridized carbons (Fsp3) is 0.500. The molecule has 1 aliphatic rings. The maximum Gasteiger partial charge on any atom is 0.122 e. The van der Waals surface area contributed by atoms with Crippen molar-refractivity contribution in [3.8, 4) is 11.5 Å². The molecule has 1 aromatic rings. The van der Waals surface area contributed by atoms with E-state index >= 15 is 0 Å². The summed E-state index contributed by atoms with van der Waals surface area (Å²) in [6.07, 6.45) is 3.23. The molecule has 15 heavy (non-hydrogen) atoms. The van der Waals surface area contributed by atoms with E-state index in [1.165, 1.54) is 12.8 Å². The van der Waals surface area contributed by atoms with Crippen molar-refractivity contribution in [2.45, 2.75) is 19.3 Å². The van der Waals surface area contributed by atoms with E-state index in [0.29, 0.717) is 18.0 Å². The molecule has 0 aromatic heterocycles. The minimum absolute atomic E-state index is 0.256. The van der Waals surface area contributed by atoms with Crippen LogP contribution in [0.15, 0.2) is 18.2 Å².